The summed E-state index contributed by atoms with van der Waals surface area (Å²) in [6, 6.07) is 8.97. The van der Waals surface area contributed by atoms with Gasteiger partial charge in [0.2, 0.25) is 0 Å². The molecule has 0 aromatic heterocycles. The maximum atomic E-state index is 9.14. The maximum absolute atomic E-state index is 9.14. The fourth-order valence-electron chi connectivity index (χ4n) is 0.800. The Bertz CT molecular complexity index is 255. The lowest BCUT2D eigenvalue weighted by Crippen LogP contribution is -2.26. The van der Waals surface area contributed by atoms with E-state index in [0.29, 0.717) is 5.75 Å². The van der Waals surface area contributed by atoms with Crippen molar-refractivity contribution in [2.45, 2.75) is 0 Å². The molecule has 0 aliphatic carbocycles. The molecule has 0 bridgehead atoms. The van der Waals surface area contributed by atoms with Gasteiger partial charge in [-0.3, -0.25) is 0 Å². The first-order valence-electron chi connectivity index (χ1n) is 3.95. The summed E-state index contributed by atoms with van der Waals surface area (Å²) >= 11 is 0. The summed E-state index contributed by atoms with van der Waals surface area (Å²) in [7, 11) is -1.24. The molecule has 0 fully saturated rings. The highest BCUT2D eigenvalue weighted by molar-refractivity contribution is 7.59. The molecule has 76 valence electrons. The smallest absolute Gasteiger partial charge is 0.512 e. The molecule has 1 N–H and O–H groups in total. The Balaban J connectivity index is 0.00000169. The number of para-hydroxylation sites is 1. The number of hydrogen-bond donors (Lipinski definition) is 1. The standard InChI is InChI=1S/C9H11BO3.H2S/c1-2-8-12-10(11)13-9-6-4-3-5-7-9;/h2-7,11H,1,8H2;1H2. The largest absolute Gasteiger partial charge is 0.710 e. The van der Waals surface area contributed by atoms with Crippen LogP contribution in [0.5, 0.6) is 5.75 Å². The summed E-state index contributed by atoms with van der Waals surface area (Å²) in [5.41, 5.74) is 0. The van der Waals surface area contributed by atoms with Gasteiger partial charge in [0, 0.05) is 0 Å². The molecular formula is C9H13BO3S. The molecule has 0 unspecified atom stereocenters. The summed E-state index contributed by atoms with van der Waals surface area (Å²) in [4.78, 5) is 0. The molecule has 14 heavy (non-hydrogen) atoms. The van der Waals surface area contributed by atoms with E-state index in [0.717, 1.165) is 0 Å². The highest BCUT2D eigenvalue weighted by Crippen LogP contribution is 2.08. The van der Waals surface area contributed by atoms with E-state index in [2.05, 4.69) is 6.58 Å². The molecule has 5 heteroatoms. The zero-order chi connectivity index (χ0) is 9.52. The lowest BCUT2D eigenvalue weighted by Gasteiger charge is -2.07. The van der Waals surface area contributed by atoms with E-state index in [1.165, 1.54) is 6.08 Å². The molecule has 1 aromatic carbocycles. The Hall–Kier alpha value is -0.905. The van der Waals surface area contributed by atoms with Gasteiger partial charge in [-0.25, -0.2) is 0 Å². The van der Waals surface area contributed by atoms with E-state index in [4.69, 9.17) is 14.3 Å². The van der Waals surface area contributed by atoms with Gasteiger partial charge in [-0.2, -0.15) is 13.5 Å². The van der Waals surface area contributed by atoms with Crippen molar-refractivity contribution in [3.63, 3.8) is 0 Å². The minimum Gasteiger partial charge on any atom is -0.512 e. The highest BCUT2D eigenvalue weighted by Gasteiger charge is 2.16. The van der Waals surface area contributed by atoms with E-state index in [9.17, 15) is 0 Å². The third kappa shape index (κ3) is 4.96. The Morgan fingerprint density at radius 3 is 2.57 bits per heavy atom. The zero-order valence-electron chi connectivity index (χ0n) is 7.72. The third-order valence-electron chi connectivity index (χ3n) is 1.34. The van der Waals surface area contributed by atoms with Crippen molar-refractivity contribution in [1.82, 2.24) is 0 Å². The molecule has 0 spiro atoms. The molecule has 1 aromatic rings. The van der Waals surface area contributed by atoms with E-state index >= 15 is 0 Å². The fraction of sp³-hybridized carbons (Fsp3) is 0.111. The van der Waals surface area contributed by atoms with Crippen molar-refractivity contribution >= 4 is 20.8 Å². The number of hydrogen-bond acceptors (Lipinski definition) is 3. The van der Waals surface area contributed by atoms with Crippen LogP contribution >= 0.6 is 13.5 Å². The SMILES string of the molecule is C=CCOB(O)Oc1ccccc1.S. The van der Waals surface area contributed by atoms with Crippen LogP contribution in [0.25, 0.3) is 0 Å². The lowest BCUT2D eigenvalue weighted by molar-refractivity contribution is 0.215. The summed E-state index contributed by atoms with van der Waals surface area (Å²) in [5.74, 6) is 0.569. The van der Waals surface area contributed by atoms with E-state index in [-0.39, 0.29) is 20.1 Å². The number of rotatable bonds is 5. The van der Waals surface area contributed by atoms with Crippen LogP contribution < -0.4 is 4.65 Å². The predicted octanol–water partition coefficient (Wildman–Crippen LogP) is 1.36. The van der Waals surface area contributed by atoms with Crippen molar-refractivity contribution < 1.29 is 14.3 Å². The van der Waals surface area contributed by atoms with E-state index in [1.807, 2.05) is 18.2 Å². The van der Waals surface area contributed by atoms with Gasteiger partial charge in [0.1, 0.15) is 5.75 Å². The van der Waals surface area contributed by atoms with Gasteiger partial charge in [-0.15, -0.1) is 6.58 Å². The highest BCUT2D eigenvalue weighted by atomic mass is 32.1. The monoisotopic (exact) mass is 212 g/mol. The Labute approximate surface area is 91.0 Å². The molecule has 0 saturated heterocycles. The van der Waals surface area contributed by atoms with Crippen molar-refractivity contribution in [2.24, 2.45) is 0 Å². The van der Waals surface area contributed by atoms with Crippen LogP contribution in [-0.4, -0.2) is 19.0 Å². The Kier molecular flexibility index (Phi) is 7.01. The third-order valence-corrected chi connectivity index (χ3v) is 1.34. The normalized spacial score (nSPS) is 8.64. The topological polar surface area (TPSA) is 38.7 Å². The molecule has 0 radical (unpaired) electrons. The van der Waals surface area contributed by atoms with Crippen molar-refractivity contribution in [2.75, 3.05) is 6.61 Å². The van der Waals surface area contributed by atoms with Gasteiger partial charge in [0.05, 0.1) is 6.61 Å². The first-order chi connectivity index (χ1) is 6.33. The first-order valence-corrected chi connectivity index (χ1v) is 3.95. The van der Waals surface area contributed by atoms with Crippen molar-refractivity contribution in [3.05, 3.63) is 43.0 Å². The van der Waals surface area contributed by atoms with Crippen LogP contribution in [0.2, 0.25) is 0 Å². The molecule has 0 aliphatic rings. The van der Waals surface area contributed by atoms with Gasteiger partial charge in [-0.05, 0) is 12.1 Å². The maximum Gasteiger partial charge on any atom is 0.710 e. The summed E-state index contributed by atoms with van der Waals surface area (Å²) in [6.45, 7) is 3.71. The second kappa shape index (κ2) is 7.49. The quantitative estimate of drug-likeness (QED) is 0.591. The van der Waals surface area contributed by atoms with Gasteiger partial charge in [-0.1, -0.05) is 24.3 Å². The first kappa shape index (κ1) is 13.1. The zero-order valence-corrected chi connectivity index (χ0v) is 8.72. The van der Waals surface area contributed by atoms with Gasteiger partial charge < -0.3 is 14.3 Å². The van der Waals surface area contributed by atoms with Crippen LogP contribution in [0.4, 0.5) is 0 Å². The van der Waals surface area contributed by atoms with Crippen LogP contribution in [0, 0.1) is 0 Å². The fourth-order valence-corrected chi connectivity index (χ4v) is 0.800. The minimum atomic E-state index is -1.24. The number of benzene rings is 1. The van der Waals surface area contributed by atoms with Gasteiger partial charge in [0.25, 0.3) is 0 Å². The molecule has 0 atom stereocenters. The summed E-state index contributed by atoms with van der Waals surface area (Å²) in [5, 5.41) is 9.14. The lowest BCUT2D eigenvalue weighted by atomic mass is 10.2. The van der Waals surface area contributed by atoms with Crippen molar-refractivity contribution in [1.29, 1.82) is 0 Å². The summed E-state index contributed by atoms with van der Waals surface area (Å²) < 4.78 is 9.81. The minimum absolute atomic E-state index is 0. The van der Waals surface area contributed by atoms with Crippen LogP contribution in [-0.2, 0) is 4.65 Å². The predicted molar refractivity (Wildman–Crippen MR) is 61.6 cm³/mol. The molecule has 1 rings (SSSR count). The molecule has 0 aliphatic heterocycles. The van der Waals surface area contributed by atoms with E-state index in [1.54, 1.807) is 12.1 Å². The second-order valence-corrected chi connectivity index (χ2v) is 2.36. The molecule has 3 nitrogen and oxygen atoms in total. The van der Waals surface area contributed by atoms with Crippen LogP contribution in [0.1, 0.15) is 0 Å². The van der Waals surface area contributed by atoms with Crippen LogP contribution in [0.3, 0.4) is 0 Å². The van der Waals surface area contributed by atoms with E-state index < -0.39 is 7.32 Å². The van der Waals surface area contributed by atoms with Crippen molar-refractivity contribution in [3.8, 4) is 5.75 Å². The molecule has 0 saturated carbocycles. The van der Waals surface area contributed by atoms with Crippen LogP contribution in [0.15, 0.2) is 43.0 Å². The van der Waals surface area contributed by atoms with Gasteiger partial charge >= 0.3 is 7.32 Å². The Morgan fingerprint density at radius 1 is 1.36 bits per heavy atom. The van der Waals surface area contributed by atoms with Gasteiger partial charge in [0.15, 0.2) is 0 Å². The molecule has 0 amide bonds. The molecule has 0 heterocycles. The molecular weight excluding hydrogens is 199 g/mol. The second-order valence-electron chi connectivity index (χ2n) is 2.36. The Morgan fingerprint density at radius 2 is 2.00 bits per heavy atom. The average molecular weight is 212 g/mol. The average Bonchev–Trinajstić information content (AvgIpc) is 2.16. The summed E-state index contributed by atoms with van der Waals surface area (Å²) in [6.07, 6.45) is 1.54.